The summed E-state index contributed by atoms with van der Waals surface area (Å²) in [5, 5.41) is 14.4. The molecule has 0 aliphatic carbocycles. The van der Waals surface area contributed by atoms with E-state index >= 15 is 0 Å². The van der Waals surface area contributed by atoms with Crippen molar-refractivity contribution in [2.45, 2.75) is 45.3 Å². The number of carbonyl (C=O) groups excluding carboxylic acids is 3. The number of hydrogen-bond acceptors (Lipinski definition) is 8. The number of hydrogen-bond donors (Lipinski definition) is 2. The average Bonchev–Trinajstić information content (AvgIpc) is 3.31. The first-order valence-corrected chi connectivity index (χ1v) is 14.2. The van der Waals surface area contributed by atoms with Gasteiger partial charge in [-0.3, -0.25) is 19.2 Å². The molecule has 2 N–H and O–H groups in total. The van der Waals surface area contributed by atoms with Gasteiger partial charge in [0.2, 0.25) is 5.91 Å². The first-order chi connectivity index (χ1) is 17.6. The summed E-state index contributed by atoms with van der Waals surface area (Å²) in [6.45, 7) is 3.32. The van der Waals surface area contributed by atoms with Gasteiger partial charge in [-0.2, -0.15) is 11.8 Å². The molecule has 37 heavy (non-hydrogen) atoms. The fourth-order valence-electron chi connectivity index (χ4n) is 3.96. The van der Waals surface area contributed by atoms with Gasteiger partial charge in [-0.05, 0) is 18.4 Å². The topological polar surface area (TPSA) is 126 Å². The van der Waals surface area contributed by atoms with Gasteiger partial charge in [0.25, 0.3) is 5.91 Å². The molecule has 200 valence electrons. The molecule has 1 fully saturated rings. The first kappa shape index (κ1) is 28.6. The Labute approximate surface area is 225 Å². The zero-order chi connectivity index (χ0) is 26.9. The van der Waals surface area contributed by atoms with Crippen molar-refractivity contribution in [3.8, 4) is 0 Å². The number of thioether (sulfide) groups is 1. The second-order valence-electron chi connectivity index (χ2n) is 9.29. The van der Waals surface area contributed by atoms with Crippen LogP contribution < -0.4 is 5.32 Å². The van der Waals surface area contributed by atoms with E-state index in [1.807, 2.05) is 30.3 Å². The number of esters is 1. The zero-order valence-electron chi connectivity index (χ0n) is 21.2. The van der Waals surface area contributed by atoms with E-state index in [4.69, 9.17) is 4.74 Å². The van der Waals surface area contributed by atoms with Crippen molar-refractivity contribution in [2.24, 2.45) is 11.8 Å². The Balaban J connectivity index is 1.67. The Kier molecular flexibility index (Phi) is 10.5. The van der Waals surface area contributed by atoms with Gasteiger partial charge in [0.15, 0.2) is 6.10 Å². The van der Waals surface area contributed by atoms with Crippen LogP contribution in [0.4, 0.5) is 0 Å². The summed E-state index contributed by atoms with van der Waals surface area (Å²) < 4.78 is 5.47. The van der Waals surface area contributed by atoms with Crippen LogP contribution in [0.15, 0.2) is 35.7 Å². The molecule has 2 aromatic rings. The highest BCUT2D eigenvalue weighted by Gasteiger charge is 2.30. The van der Waals surface area contributed by atoms with Crippen molar-refractivity contribution < 1.29 is 29.0 Å². The summed E-state index contributed by atoms with van der Waals surface area (Å²) in [7, 11) is 1.74. The van der Waals surface area contributed by atoms with E-state index in [0.29, 0.717) is 24.4 Å². The molecular formula is C26H33N3O6S2. The van der Waals surface area contributed by atoms with Crippen LogP contribution in [0.2, 0.25) is 0 Å². The second-order valence-corrected chi connectivity index (χ2v) is 11.3. The quantitative estimate of drug-likeness (QED) is 0.366. The molecule has 9 nitrogen and oxygen atoms in total. The standard InChI is InChI=1S/C26H33N3O6S2/c1-16(26(33)34)11-20(12-18-7-5-4-6-8-18)27-23(31)21-15-37-24(28-21)22(35-17(2)30)9-10-29(3)25(32)19-13-36-14-19/h4-8,15-16,19-20,22H,9-14H2,1-3H3,(H,27,31)(H,33,34)/t16-,20+,22+/m0/s1. The molecule has 2 amide bonds. The normalized spacial score (nSPS) is 15.6. The molecule has 3 atom stereocenters. The van der Waals surface area contributed by atoms with Gasteiger partial charge < -0.3 is 20.1 Å². The number of aromatic nitrogens is 1. The highest BCUT2D eigenvalue weighted by Crippen LogP contribution is 2.28. The van der Waals surface area contributed by atoms with Crippen LogP contribution in [0.3, 0.4) is 0 Å². The van der Waals surface area contributed by atoms with E-state index in [2.05, 4.69) is 10.3 Å². The summed E-state index contributed by atoms with van der Waals surface area (Å²) in [6, 6.07) is 9.15. The van der Waals surface area contributed by atoms with Crippen molar-refractivity contribution in [2.75, 3.05) is 25.1 Å². The van der Waals surface area contributed by atoms with Crippen molar-refractivity contribution >= 4 is 46.9 Å². The molecule has 11 heteroatoms. The highest BCUT2D eigenvalue weighted by atomic mass is 32.2. The molecule has 0 spiro atoms. The Morgan fingerprint density at radius 1 is 1.22 bits per heavy atom. The number of carboxylic acids is 1. The number of benzene rings is 1. The van der Waals surface area contributed by atoms with Crippen LogP contribution in [-0.4, -0.2) is 69.9 Å². The van der Waals surface area contributed by atoms with E-state index in [1.54, 1.807) is 36.0 Å². The predicted octanol–water partition coefficient (Wildman–Crippen LogP) is 3.41. The second kappa shape index (κ2) is 13.6. The van der Waals surface area contributed by atoms with Gasteiger partial charge in [0.1, 0.15) is 10.7 Å². The first-order valence-electron chi connectivity index (χ1n) is 12.2. The number of nitrogens with zero attached hydrogens (tertiary/aromatic N) is 2. The minimum atomic E-state index is -0.924. The van der Waals surface area contributed by atoms with Crippen molar-refractivity contribution in [1.29, 1.82) is 0 Å². The lowest BCUT2D eigenvalue weighted by atomic mass is 9.96. The number of carboxylic acid groups (broad SMARTS) is 1. The lowest BCUT2D eigenvalue weighted by Gasteiger charge is -2.29. The summed E-state index contributed by atoms with van der Waals surface area (Å²) in [5.41, 5.74) is 1.16. The van der Waals surface area contributed by atoms with E-state index in [9.17, 15) is 24.3 Å². The number of amides is 2. The number of carbonyl (C=O) groups is 4. The maximum atomic E-state index is 13.0. The van der Waals surface area contributed by atoms with Gasteiger partial charge in [-0.15, -0.1) is 11.3 Å². The summed E-state index contributed by atoms with van der Waals surface area (Å²) in [6.07, 6.45) is 0.436. The molecule has 0 radical (unpaired) electrons. The SMILES string of the molecule is CC(=O)O[C@H](CCN(C)C(=O)C1CSC1)c1nc(C(=O)N[C@@H](Cc2ccccc2)C[C@H](C)C(=O)O)cs1. The lowest BCUT2D eigenvalue weighted by Crippen LogP contribution is -2.40. The molecule has 1 aromatic heterocycles. The van der Waals surface area contributed by atoms with Gasteiger partial charge in [0.05, 0.1) is 11.8 Å². The molecule has 1 saturated heterocycles. The van der Waals surface area contributed by atoms with E-state index < -0.39 is 35.9 Å². The van der Waals surface area contributed by atoms with Crippen LogP contribution in [-0.2, 0) is 25.5 Å². The third kappa shape index (κ3) is 8.57. The number of rotatable bonds is 13. The molecular weight excluding hydrogens is 514 g/mol. The van der Waals surface area contributed by atoms with E-state index in [0.717, 1.165) is 17.1 Å². The number of aliphatic carboxylic acids is 1. The number of thiazole rings is 1. The Hall–Kier alpha value is -2.92. The molecule has 2 heterocycles. The van der Waals surface area contributed by atoms with Crippen LogP contribution in [0.5, 0.6) is 0 Å². The monoisotopic (exact) mass is 547 g/mol. The minimum Gasteiger partial charge on any atom is -0.481 e. The highest BCUT2D eigenvalue weighted by molar-refractivity contribution is 8.00. The van der Waals surface area contributed by atoms with Crippen LogP contribution >= 0.6 is 23.1 Å². The summed E-state index contributed by atoms with van der Waals surface area (Å²) in [4.78, 5) is 54.7. The molecule has 0 saturated carbocycles. The largest absolute Gasteiger partial charge is 0.481 e. The molecule has 1 aliphatic rings. The molecule has 1 aliphatic heterocycles. The van der Waals surface area contributed by atoms with Gasteiger partial charge in [0, 0.05) is 49.9 Å². The third-order valence-electron chi connectivity index (χ3n) is 6.15. The van der Waals surface area contributed by atoms with Crippen LogP contribution in [0.25, 0.3) is 0 Å². The van der Waals surface area contributed by atoms with Gasteiger partial charge in [-0.25, -0.2) is 4.98 Å². The van der Waals surface area contributed by atoms with Crippen molar-refractivity contribution in [3.63, 3.8) is 0 Å². The van der Waals surface area contributed by atoms with E-state index in [1.165, 1.54) is 18.3 Å². The average molecular weight is 548 g/mol. The Morgan fingerprint density at radius 2 is 1.92 bits per heavy atom. The lowest BCUT2D eigenvalue weighted by molar-refractivity contribution is -0.147. The van der Waals surface area contributed by atoms with Crippen LogP contribution in [0, 0.1) is 11.8 Å². The maximum Gasteiger partial charge on any atom is 0.306 e. The number of nitrogens with one attached hydrogen (secondary N) is 1. The van der Waals surface area contributed by atoms with Crippen molar-refractivity contribution in [3.05, 3.63) is 52.0 Å². The van der Waals surface area contributed by atoms with Crippen LogP contribution in [0.1, 0.15) is 53.9 Å². The molecule has 1 aromatic carbocycles. The smallest absolute Gasteiger partial charge is 0.306 e. The maximum absolute atomic E-state index is 13.0. The van der Waals surface area contributed by atoms with Gasteiger partial charge >= 0.3 is 11.9 Å². The van der Waals surface area contributed by atoms with E-state index in [-0.39, 0.29) is 23.9 Å². The number of ether oxygens (including phenoxy) is 1. The molecule has 3 rings (SSSR count). The van der Waals surface area contributed by atoms with Gasteiger partial charge in [-0.1, -0.05) is 37.3 Å². The predicted molar refractivity (Wildman–Crippen MR) is 143 cm³/mol. The fraction of sp³-hybridized carbons (Fsp3) is 0.500. The molecule has 0 bridgehead atoms. The summed E-state index contributed by atoms with van der Waals surface area (Å²) in [5.74, 6) is -0.655. The zero-order valence-corrected chi connectivity index (χ0v) is 22.8. The Bertz CT molecular complexity index is 1090. The van der Waals surface area contributed by atoms with Crippen molar-refractivity contribution in [1.82, 2.24) is 15.2 Å². The fourth-order valence-corrected chi connectivity index (χ4v) is 5.58. The third-order valence-corrected chi connectivity index (χ3v) is 8.36. The summed E-state index contributed by atoms with van der Waals surface area (Å²) >= 11 is 2.95. The minimum absolute atomic E-state index is 0.0463. The molecule has 0 unspecified atom stereocenters. The Morgan fingerprint density at radius 3 is 2.51 bits per heavy atom.